The summed E-state index contributed by atoms with van der Waals surface area (Å²) < 4.78 is 6.42. The second-order valence-electron chi connectivity index (χ2n) is 9.71. The Morgan fingerprint density at radius 3 is 2.84 bits per heavy atom. The van der Waals surface area contributed by atoms with E-state index in [0.29, 0.717) is 24.0 Å². The van der Waals surface area contributed by atoms with Gasteiger partial charge in [0.25, 0.3) is 0 Å². The molecule has 1 heterocycles. The summed E-state index contributed by atoms with van der Waals surface area (Å²) in [6.07, 6.45) is 8.73. The number of benzene rings is 2. The van der Waals surface area contributed by atoms with E-state index in [1.807, 2.05) is 18.2 Å². The van der Waals surface area contributed by atoms with Gasteiger partial charge in [0.15, 0.2) is 0 Å². The standard InChI is InChI=1S/C27H30ClNO3/c1-2-4-18-6-7-21(18)15-29-16-27(12-3-5-19-13-22(28)9-10-23(19)27)17-32-25-11-8-20(26(30)31)14-24(25)29/h2,8-11,13-14,18,21H,1,3-7,12,15-17H2,(H,30,31)/t18-,21+,27+/m1/s1. The first-order valence-electron chi connectivity index (χ1n) is 11.6. The summed E-state index contributed by atoms with van der Waals surface area (Å²) in [5.41, 5.74) is 3.74. The molecule has 1 aliphatic heterocycles. The van der Waals surface area contributed by atoms with Crippen LogP contribution in [0.25, 0.3) is 0 Å². The number of anilines is 1. The zero-order valence-electron chi connectivity index (χ0n) is 18.4. The van der Waals surface area contributed by atoms with Crippen LogP contribution in [0.3, 0.4) is 0 Å². The monoisotopic (exact) mass is 451 g/mol. The topological polar surface area (TPSA) is 49.8 Å². The van der Waals surface area contributed by atoms with Crippen LogP contribution in [0.15, 0.2) is 49.1 Å². The van der Waals surface area contributed by atoms with E-state index in [0.717, 1.165) is 55.2 Å². The molecule has 4 nitrogen and oxygen atoms in total. The van der Waals surface area contributed by atoms with Crippen molar-refractivity contribution in [3.8, 4) is 5.75 Å². The molecule has 2 aromatic rings. The Bertz CT molecular complexity index is 1050. The number of hydrogen-bond donors (Lipinski definition) is 1. The third-order valence-electron chi connectivity index (χ3n) is 7.78. The van der Waals surface area contributed by atoms with Crippen molar-refractivity contribution >= 4 is 23.3 Å². The molecule has 1 N–H and O–H groups in total. The van der Waals surface area contributed by atoms with Crippen LogP contribution in [0.5, 0.6) is 5.75 Å². The number of rotatable bonds is 5. The van der Waals surface area contributed by atoms with Gasteiger partial charge in [0.05, 0.1) is 17.9 Å². The number of fused-ring (bicyclic) bond motifs is 3. The maximum absolute atomic E-state index is 11.7. The summed E-state index contributed by atoms with van der Waals surface area (Å²) in [4.78, 5) is 14.1. The Kier molecular flexibility index (Phi) is 5.66. The van der Waals surface area contributed by atoms with Crippen molar-refractivity contribution in [3.05, 3.63) is 70.8 Å². The highest BCUT2D eigenvalue weighted by atomic mass is 35.5. The summed E-state index contributed by atoms with van der Waals surface area (Å²) in [7, 11) is 0. The van der Waals surface area contributed by atoms with E-state index in [1.54, 1.807) is 12.1 Å². The van der Waals surface area contributed by atoms with Crippen LogP contribution in [0.2, 0.25) is 5.02 Å². The zero-order valence-corrected chi connectivity index (χ0v) is 19.1. The van der Waals surface area contributed by atoms with Crippen LogP contribution in [0.4, 0.5) is 5.69 Å². The van der Waals surface area contributed by atoms with Crippen molar-refractivity contribution in [1.29, 1.82) is 0 Å². The first-order valence-corrected chi connectivity index (χ1v) is 12.0. The Labute approximate surface area is 194 Å². The molecule has 0 amide bonds. The van der Waals surface area contributed by atoms with Gasteiger partial charge in [-0.1, -0.05) is 23.7 Å². The fourth-order valence-electron chi connectivity index (χ4n) is 5.93. The van der Waals surface area contributed by atoms with Crippen LogP contribution < -0.4 is 9.64 Å². The van der Waals surface area contributed by atoms with E-state index in [4.69, 9.17) is 16.3 Å². The van der Waals surface area contributed by atoms with Gasteiger partial charge in [-0.05, 0) is 91.8 Å². The molecule has 1 saturated carbocycles. The van der Waals surface area contributed by atoms with E-state index >= 15 is 0 Å². The molecule has 0 aromatic heterocycles. The molecule has 5 rings (SSSR count). The van der Waals surface area contributed by atoms with E-state index in [-0.39, 0.29) is 5.41 Å². The lowest BCUT2D eigenvalue weighted by molar-refractivity contribution is 0.0697. The number of nitrogens with zero attached hydrogens (tertiary/aromatic N) is 1. The molecule has 32 heavy (non-hydrogen) atoms. The smallest absolute Gasteiger partial charge is 0.335 e. The number of carboxylic acids is 1. The highest BCUT2D eigenvalue weighted by Gasteiger charge is 2.43. The molecular formula is C27H30ClNO3. The first-order chi connectivity index (χ1) is 15.5. The Hall–Kier alpha value is -2.46. The predicted octanol–water partition coefficient (Wildman–Crippen LogP) is 6.11. The molecule has 2 aromatic carbocycles. The molecule has 3 atom stereocenters. The first kappa shape index (κ1) is 21.4. The number of carboxylic acid groups (broad SMARTS) is 1. The average Bonchev–Trinajstić information content (AvgIpc) is 2.92. The SMILES string of the molecule is C=CC[C@@H]1CC[C@H]1CN1C[C@@]2(CCCc3cc(Cl)ccc32)COc2ccc(C(=O)O)cc21. The third kappa shape index (κ3) is 3.79. The number of carbonyl (C=O) groups is 1. The molecule has 5 heteroatoms. The highest BCUT2D eigenvalue weighted by molar-refractivity contribution is 6.30. The molecule has 0 radical (unpaired) electrons. The third-order valence-corrected chi connectivity index (χ3v) is 8.02. The van der Waals surface area contributed by atoms with E-state index in [9.17, 15) is 9.90 Å². The lowest BCUT2D eigenvalue weighted by Gasteiger charge is -2.44. The second kappa shape index (κ2) is 8.47. The summed E-state index contributed by atoms with van der Waals surface area (Å²) in [6, 6.07) is 11.6. The van der Waals surface area contributed by atoms with Crippen molar-refractivity contribution in [2.45, 2.75) is 43.9 Å². The fourth-order valence-corrected chi connectivity index (χ4v) is 6.13. The molecule has 2 aliphatic carbocycles. The lowest BCUT2D eigenvalue weighted by atomic mass is 9.69. The molecule has 0 unspecified atom stereocenters. The van der Waals surface area contributed by atoms with Gasteiger partial charge in [-0.25, -0.2) is 4.79 Å². The van der Waals surface area contributed by atoms with Gasteiger partial charge in [-0.15, -0.1) is 6.58 Å². The number of allylic oxidation sites excluding steroid dienone is 1. The van der Waals surface area contributed by atoms with Crippen LogP contribution in [-0.4, -0.2) is 30.8 Å². The fraction of sp³-hybridized carbons (Fsp3) is 0.444. The van der Waals surface area contributed by atoms with E-state index in [2.05, 4.69) is 23.6 Å². The molecule has 0 bridgehead atoms. The Morgan fingerprint density at radius 1 is 1.25 bits per heavy atom. The van der Waals surface area contributed by atoms with Crippen molar-refractivity contribution in [2.24, 2.45) is 11.8 Å². The molecular weight excluding hydrogens is 422 g/mol. The number of aryl methyl sites for hydroxylation is 1. The molecule has 1 spiro atoms. The molecule has 168 valence electrons. The largest absolute Gasteiger partial charge is 0.490 e. The van der Waals surface area contributed by atoms with Crippen LogP contribution in [0, 0.1) is 11.8 Å². The quantitative estimate of drug-likeness (QED) is 0.557. The molecule has 3 aliphatic rings. The van der Waals surface area contributed by atoms with Crippen LogP contribution in [-0.2, 0) is 11.8 Å². The minimum Gasteiger partial charge on any atom is -0.490 e. The van der Waals surface area contributed by atoms with Gasteiger partial charge in [-0.3, -0.25) is 0 Å². The Morgan fingerprint density at radius 2 is 2.09 bits per heavy atom. The summed E-state index contributed by atoms with van der Waals surface area (Å²) >= 11 is 6.32. The number of aromatic carboxylic acids is 1. The van der Waals surface area contributed by atoms with Crippen LogP contribution >= 0.6 is 11.6 Å². The minimum absolute atomic E-state index is 0.127. The van der Waals surface area contributed by atoms with Crippen molar-refractivity contribution in [2.75, 3.05) is 24.6 Å². The van der Waals surface area contributed by atoms with E-state index in [1.165, 1.54) is 24.0 Å². The lowest BCUT2D eigenvalue weighted by Crippen LogP contribution is -2.48. The number of hydrogen-bond acceptors (Lipinski definition) is 3. The molecule has 0 saturated heterocycles. The van der Waals surface area contributed by atoms with E-state index < -0.39 is 5.97 Å². The van der Waals surface area contributed by atoms with Gasteiger partial charge in [0.2, 0.25) is 0 Å². The normalized spacial score (nSPS) is 26.3. The van der Waals surface area contributed by atoms with Crippen molar-refractivity contribution in [1.82, 2.24) is 0 Å². The van der Waals surface area contributed by atoms with Crippen molar-refractivity contribution in [3.63, 3.8) is 0 Å². The van der Waals surface area contributed by atoms with Gasteiger partial charge >= 0.3 is 5.97 Å². The molecule has 1 fully saturated rings. The van der Waals surface area contributed by atoms with Crippen LogP contribution in [0.1, 0.15) is 53.6 Å². The van der Waals surface area contributed by atoms with Crippen molar-refractivity contribution < 1.29 is 14.6 Å². The summed E-state index contributed by atoms with van der Waals surface area (Å²) in [5, 5.41) is 10.4. The summed E-state index contributed by atoms with van der Waals surface area (Å²) in [5.74, 6) is 1.14. The zero-order chi connectivity index (χ0) is 22.3. The second-order valence-corrected chi connectivity index (χ2v) is 10.2. The number of halogens is 1. The van der Waals surface area contributed by atoms with Gasteiger partial charge in [0, 0.05) is 23.5 Å². The van der Waals surface area contributed by atoms with Gasteiger partial charge in [0.1, 0.15) is 5.75 Å². The number of ether oxygens (including phenoxy) is 1. The maximum atomic E-state index is 11.7. The Balaban J connectivity index is 1.55. The summed E-state index contributed by atoms with van der Waals surface area (Å²) in [6.45, 7) is 6.28. The predicted molar refractivity (Wildman–Crippen MR) is 128 cm³/mol. The van der Waals surface area contributed by atoms with Gasteiger partial charge in [-0.2, -0.15) is 0 Å². The maximum Gasteiger partial charge on any atom is 0.335 e. The average molecular weight is 452 g/mol. The minimum atomic E-state index is -0.905. The van der Waals surface area contributed by atoms with Gasteiger partial charge < -0.3 is 14.7 Å². The highest BCUT2D eigenvalue weighted by Crippen LogP contribution is 2.46.